The van der Waals surface area contributed by atoms with Gasteiger partial charge in [0.15, 0.2) is 5.96 Å². The smallest absolute Gasteiger partial charge is 0.416 e. The molecule has 3 rings (SSSR count). The van der Waals surface area contributed by atoms with Gasteiger partial charge in [-0.25, -0.2) is 4.99 Å². The molecule has 170 valence electrons. The highest BCUT2D eigenvalue weighted by molar-refractivity contribution is 14.0. The van der Waals surface area contributed by atoms with Crippen molar-refractivity contribution in [1.29, 1.82) is 0 Å². The van der Waals surface area contributed by atoms with Gasteiger partial charge in [-0.15, -0.1) is 24.0 Å². The second-order valence-electron chi connectivity index (χ2n) is 7.11. The number of furan rings is 1. The fraction of sp³-hybridized carbons (Fsp3) is 0.429. The normalized spacial score (nSPS) is 14.0. The fourth-order valence-electron chi connectivity index (χ4n) is 2.81. The third-order valence-corrected chi connectivity index (χ3v) is 4.58. The largest absolute Gasteiger partial charge is 0.469 e. The summed E-state index contributed by atoms with van der Waals surface area (Å²) in [5.41, 5.74) is -0.239. The molecule has 1 aromatic carbocycles. The van der Waals surface area contributed by atoms with E-state index in [1.165, 1.54) is 6.07 Å². The zero-order chi connectivity index (χ0) is 21.4. The number of alkyl halides is 3. The number of guanidine groups is 1. The summed E-state index contributed by atoms with van der Waals surface area (Å²) >= 11 is 0. The molecule has 6 nitrogen and oxygen atoms in total. The lowest BCUT2D eigenvalue weighted by Gasteiger charge is -2.13. The highest BCUT2D eigenvalue weighted by atomic mass is 127. The van der Waals surface area contributed by atoms with Crippen LogP contribution in [0, 0.1) is 5.92 Å². The van der Waals surface area contributed by atoms with Crippen LogP contribution in [0.1, 0.15) is 29.7 Å². The van der Waals surface area contributed by atoms with Crippen LogP contribution in [-0.4, -0.2) is 31.5 Å². The zero-order valence-electron chi connectivity index (χ0n) is 16.9. The Bertz CT molecular complexity index is 853. The minimum Gasteiger partial charge on any atom is -0.469 e. The molecule has 1 amide bonds. The number of amides is 1. The molecule has 0 saturated heterocycles. The maximum Gasteiger partial charge on any atom is 0.416 e. The van der Waals surface area contributed by atoms with Crippen molar-refractivity contribution in [3.05, 3.63) is 59.5 Å². The van der Waals surface area contributed by atoms with Crippen molar-refractivity contribution >= 4 is 35.8 Å². The van der Waals surface area contributed by atoms with E-state index in [2.05, 4.69) is 20.9 Å². The first kappa shape index (κ1) is 25.0. The predicted octanol–water partition coefficient (Wildman–Crippen LogP) is 3.72. The fourth-order valence-corrected chi connectivity index (χ4v) is 2.81. The van der Waals surface area contributed by atoms with Crippen molar-refractivity contribution in [2.24, 2.45) is 10.9 Å². The van der Waals surface area contributed by atoms with Crippen LogP contribution in [0.25, 0.3) is 0 Å². The monoisotopic (exact) mass is 550 g/mol. The van der Waals surface area contributed by atoms with Gasteiger partial charge in [0.2, 0.25) is 5.91 Å². The van der Waals surface area contributed by atoms with Crippen LogP contribution >= 0.6 is 24.0 Å². The third kappa shape index (κ3) is 8.80. The molecule has 0 atom stereocenters. The van der Waals surface area contributed by atoms with Gasteiger partial charge in [-0.2, -0.15) is 13.2 Å². The first-order valence-corrected chi connectivity index (χ1v) is 9.90. The maximum absolute atomic E-state index is 12.9. The number of carbonyl (C=O) groups excluding carboxylic acids is 1. The Morgan fingerprint density at radius 2 is 1.81 bits per heavy atom. The van der Waals surface area contributed by atoms with E-state index in [0.717, 1.165) is 30.7 Å². The van der Waals surface area contributed by atoms with Crippen LogP contribution < -0.4 is 16.0 Å². The van der Waals surface area contributed by atoms with Crippen molar-refractivity contribution in [3.8, 4) is 0 Å². The van der Waals surface area contributed by atoms with E-state index >= 15 is 0 Å². The summed E-state index contributed by atoms with van der Waals surface area (Å²) in [4.78, 5) is 16.1. The highest BCUT2D eigenvalue weighted by Gasteiger charge is 2.30. The average molecular weight is 550 g/mol. The topological polar surface area (TPSA) is 78.7 Å². The van der Waals surface area contributed by atoms with Crippen molar-refractivity contribution < 1.29 is 22.4 Å². The number of halogens is 4. The van der Waals surface area contributed by atoms with Crippen LogP contribution in [0.2, 0.25) is 0 Å². The number of hydrogen-bond acceptors (Lipinski definition) is 3. The van der Waals surface area contributed by atoms with E-state index in [-0.39, 0.29) is 42.3 Å². The number of nitrogens with zero attached hydrogens (tertiary/aromatic N) is 1. The second-order valence-corrected chi connectivity index (χ2v) is 7.11. The molecular formula is C21H26F3IN4O2. The van der Waals surface area contributed by atoms with Crippen LogP contribution in [-0.2, 0) is 23.9 Å². The summed E-state index contributed by atoms with van der Waals surface area (Å²) < 4.78 is 44.0. The lowest BCUT2D eigenvalue weighted by atomic mass is 10.1. The maximum atomic E-state index is 12.9. The minimum absolute atomic E-state index is 0. The molecule has 1 aromatic heterocycles. The molecular weight excluding hydrogens is 524 g/mol. The summed E-state index contributed by atoms with van der Waals surface area (Å²) in [5, 5.41) is 9.09. The molecule has 0 spiro atoms. The number of benzene rings is 1. The van der Waals surface area contributed by atoms with E-state index < -0.39 is 11.7 Å². The van der Waals surface area contributed by atoms with E-state index in [1.54, 1.807) is 18.4 Å². The van der Waals surface area contributed by atoms with Crippen molar-refractivity contribution in [3.63, 3.8) is 0 Å². The van der Waals surface area contributed by atoms with Gasteiger partial charge in [0.25, 0.3) is 0 Å². The summed E-state index contributed by atoms with van der Waals surface area (Å²) in [7, 11) is 0. The van der Waals surface area contributed by atoms with Gasteiger partial charge in [-0.1, -0.05) is 12.1 Å². The lowest BCUT2D eigenvalue weighted by Crippen LogP contribution is -2.42. The summed E-state index contributed by atoms with van der Waals surface area (Å²) in [6.07, 6.45) is -0.273. The van der Waals surface area contributed by atoms with Crippen molar-refractivity contribution in [1.82, 2.24) is 16.0 Å². The molecule has 1 aliphatic rings. The molecule has 3 N–H and O–H groups in total. The van der Waals surface area contributed by atoms with Crippen LogP contribution in [0.3, 0.4) is 0 Å². The Labute approximate surface area is 196 Å². The first-order chi connectivity index (χ1) is 14.4. The van der Waals surface area contributed by atoms with Crippen molar-refractivity contribution in [2.75, 3.05) is 19.6 Å². The van der Waals surface area contributed by atoms with Gasteiger partial charge in [-0.05, 0) is 42.7 Å². The number of aliphatic imine (C=N–C) groups is 1. The number of rotatable bonds is 9. The molecule has 31 heavy (non-hydrogen) atoms. The Morgan fingerprint density at radius 1 is 1.06 bits per heavy atom. The third-order valence-electron chi connectivity index (χ3n) is 4.58. The predicted molar refractivity (Wildman–Crippen MR) is 122 cm³/mol. The molecule has 1 saturated carbocycles. The van der Waals surface area contributed by atoms with Gasteiger partial charge in [0.05, 0.1) is 18.4 Å². The lowest BCUT2D eigenvalue weighted by molar-refractivity contribution is -0.137. The van der Waals surface area contributed by atoms with Crippen LogP contribution in [0.4, 0.5) is 13.2 Å². The summed E-state index contributed by atoms with van der Waals surface area (Å²) in [6.45, 7) is 1.52. The average Bonchev–Trinajstić information content (AvgIpc) is 3.45. The molecule has 0 unspecified atom stereocenters. The molecule has 0 bridgehead atoms. The Balaban J connectivity index is 0.00000341. The second kappa shape index (κ2) is 12.0. The molecule has 0 aliphatic heterocycles. The van der Waals surface area contributed by atoms with Crippen molar-refractivity contribution in [2.45, 2.75) is 32.0 Å². The number of hydrogen-bond donors (Lipinski definition) is 3. The Morgan fingerprint density at radius 3 is 2.48 bits per heavy atom. The molecule has 1 heterocycles. The molecule has 1 fully saturated rings. The quantitative estimate of drug-likeness (QED) is 0.193. The number of nitrogens with one attached hydrogen (secondary N) is 3. The summed E-state index contributed by atoms with van der Waals surface area (Å²) in [5.74, 6) is 1.48. The van der Waals surface area contributed by atoms with Crippen LogP contribution in [0.15, 0.2) is 52.1 Å². The van der Waals surface area contributed by atoms with Gasteiger partial charge in [0.1, 0.15) is 5.76 Å². The minimum atomic E-state index is -4.39. The molecule has 1 aliphatic carbocycles. The van der Waals surface area contributed by atoms with Gasteiger partial charge in [-0.3, -0.25) is 4.79 Å². The van der Waals surface area contributed by atoms with E-state index in [0.29, 0.717) is 37.6 Å². The zero-order valence-corrected chi connectivity index (χ0v) is 19.2. The summed E-state index contributed by atoms with van der Waals surface area (Å²) in [6, 6.07) is 8.78. The van der Waals surface area contributed by atoms with Crippen LogP contribution in [0.5, 0.6) is 0 Å². The van der Waals surface area contributed by atoms with Gasteiger partial charge < -0.3 is 20.4 Å². The Kier molecular flexibility index (Phi) is 9.66. The SMILES string of the molecule is I.O=C(NCCNC(=NCc1cccc(C(F)(F)F)c1)NCCc1ccco1)C1CC1. The van der Waals surface area contributed by atoms with E-state index in [9.17, 15) is 18.0 Å². The van der Waals surface area contributed by atoms with E-state index in [4.69, 9.17) is 4.42 Å². The van der Waals surface area contributed by atoms with Gasteiger partial charge >= 0.3 is 6.18 Å². The standard InChI is InChI=1S/C21H25F3N4O2.HI/c22-21(23,24)17-4-1-3-15(13-17)14-28-20(26-9-8-18-5-2-12-30-18)27-11-10-25-19(29)16-6-7-16;/h1-5,12-13,16H,6-11,14H2,(H,25,29)(H2,26,27,28);1H. The molecule has 0 radical (unpaired) electrons. The van der Waals surface area contributed by atoms with E-state index in [1.807, 2.05) is 6.07 Å². The molecule has 2 aromatic rings. The highest BCUT2D eigenvalue weighted by Crippen LogP contribution is 2.29. The number of carbonyl (C=O) groups is 1. The molecule has 10 heteroatoms. The Hall–Kier alpha value is -2.24. The first-order valence-electron chi connectivity index (χ1n) is 9.90. The van der Waals surface area contributed by atoms with Gasteiger partial charge in [0, 0.05) is 32.0 Å².